The summed E-state index contributed by atoms with van der Waals surface area (Å²) in [5.41, 5.74) is 5.70. The van der Waals surface area contributed by atoms with Crippen LogP contribution in [-0.2, 0) is 0 Å². The molecule has 0 aromatic heterocycles. The van der Waals surface area contributed by atoms with Crippen LogP contribution in [0.4, 0.5) is 0 Å². The quantitative estimate of drug-likeness (QED) is 0.576. The highest BCUT2D eigenvalue weighted by Gasteiger charge is 2.19. The van der Waals surface area contributed by atoms with Gasteiger partial charge in [0.15, 0.2) is 0 Å². The number of hydrogen-bond acceptors (Lipinski definition) is 3. The molecule has 0 aliphatic heterocycles. The highest BCUT2D eigenvalue weighted by Crippen LogP contribution is 2.12. The van der Waals surface area contributed by atoms with E-state index in [4.69, 9.17) is 10.8 Å². The maximum Gasteiger partial charge on any atom is 0.0448 e. The summed E-state index contributed by atoms with van der Waals surface area (Å²) in [5, 5.41) is 12.3. The van der Waals surface area contributed by atoms with Gasteiger partial charge in [-0.25, -0.2) is 0 Å². The zero-order valence-electron chi connectivity index (χ0n) is 10.0. The summed E-state index contributed by atoms with van der Waals surface area (Å²) in [4.78, 5) is 0. The fourth-order valence-corrected chi connectivity index (χ4v) is 1.37. The summed E-state index contributed by atoms with van der Waals surface area (Å²) in [6.45, 7) is 10.5. The summed E-state index contributed by atoms with van der Waals surface area (Å²) in [6.07, 6.45) is 0.780. The van der Waals surface area contributed by atoms with Gasteiger partial charge in [0, 0.05) is 12.1 Å². The normalized spacial score (nSPS) is 14.8. The van der Waals surface area contributed by atoms with Crippen molar-refractivity contribution in [2.45, 2.75) is 39.7 Å². The van der Waals surface area contributed by atoms with Gasteiger partial charge in [-0.2, -0.15) is 0 Å². The van der Waals surface area contributed by atoms with Crippen molar-refractivity contribution in [2.24, 2.45) is 17.6 Å². The molecule has 0 rings (SSSR count). The molecule has 14 heavy (non-hydrogen) atoms. The highest BCUT2D eigenvalue weighted by atomic mass is 16.3. The van der Waals surface area contributed by atoms with Gasteiger partial charge >= 0.3 is 0 Å². The molecule has 4 N–H and O–H groups in total. The molecule has 0 saturated heterocycles. The van der Waals surface area contributed by atoms with Crippen molar-refractivity contribution in [1.82, 2.24) is 5.32 Å². The topological polar surface area (TPSA) is 58.3 Å². The summed E-state index contributed by atoms with van der Waals surface area (Å²) >= 11 is 0. The van der Waals surface area contributed by atoms with Gasteiger partial charge in [-0.05, 0) is 45.2 Å². The zero-order chi connectivity index (χ0) is 11.2. The molecule has 3 nitrogen and oxygen atoms in total. The van der Waals surface area contributed by atoms with Crippen LogP contribution in [0.2, 0.25) is 0 Å². The summed E-state index contributed by atoms with van der Waals surface area (Å²) in [6, 6.07) is 0. The molecule has 0 radical (unpaired) electrons. The molecule has 0 bridgehead atoms. The van der Waals surface area contributed by atoms with E-state index in [1.54, 1.807) is 0 Å². The number of aliphatic hydroxyl groups excluding tert-OH is 1. The summed E-state index contributed by atoms with van der Waals surface area (Å²) < 4.78 is 0. The van der Waals surface area contributed by atoms with Crippen molar-refractivity contribution in [3.63, 3.8) is 0 Å². The third-order valence-corrected chi connectivity index (χ3v) is 2.83. The summed E-state index contributed by atoms with van der Waals surface area (Å²) in [5.74, 6) is 1.13. The highest BCUT2D eigenvalue weighted by molar-refractivity contribution is 4.79. The second kappa shape index (κ2) is 6.38. The molecule has 1 atom stereocenters. The SMILES string of the molecule is CC(C)C(CN)CNC(C)(C)CCO. The lowest BCUT2D eigenvalue weighted by Crippen LogP contribution is -2.44. The molecule has 0 aliphatic rings. The molecule has 3 heteroatoms. The van der Waals surface area contributed by atoms with Crippen LogP contribution in [0.25, 0.3) is 0 Å². The molecule has 86 valence electrons. The molecule has 0 heterocycles. The first-order valence-electron chi connectivity index (χ1n) is 5.49. The monoisotopic (exact) mass is 202 g/mol. The fraction of sp³-hybridized carbons (Fsp3) is 1.00. The molecule has 0 saturated carbocycles. The Kier molecular flexibility index (Phi) is 6.33. The summed E-state index contributed by atoms with van der Waals surface area (Å²) in [7, 11) is 0. The van der Waals surface area contributed by atoms with Crippen LogP contribution in [0.1, 0.15) is 34.1 Å². The maximum atomic E-state index is 8.87. The van der Waals surface area contributed by atoms with E-state index < -0.39 is 0 Å². The van der Waals surface area contributed by atoms with Gasteiger partial charge in [0.1, 0.15) is 0 Å². The van der Waals surface area contributed by atoms with Gasteiger partial charge in [-0.1, -0.05) is 13.8 Å². The average Bonchev–Trinajstić information content (AvgIpc) is 2.04. The molecular weight excluding hydrogens is 176 g/mol. The third-order valence-electron chi connectivity index (χ3n) is 2.83. The minimum atomic E-state index is 0.0110. The van der Waals surface area contributed by atoms with E-state index in [-0.39, 0.29) is 12.1 Å². The van der Waals surface area contributed by atoms with Crippen molar-refractivity contribution in [3.8, 4) is 0 Å². The molecule has 0 spiro atoms. The van der Waals surface area contributed by atoms with Gasteiger partial charge in [-0.3, -0.25) is 0 Å². The van der Waals surface area contributed by atoms with Gasteiger partial charge in [0.05, 0.1) is 0 Å². The van der Waals surface area contributed by atoms with E-state index in [9.17, 15) is 0 Å². The van der Waals surface area contributed by atoms with Crippen molar-refractivity contribution in [3.05, 3.63) is 0 Å². The van der Waals surface area contributed by atoms with Crippen LogP contribution in [0.3, 0.4) is 0 Å². The standard InChI is InChI=1S/C11H26N2O/c1-9(2)10(7-12)8-13-11(3,4)5-6-14/h9-10,13-14H,5-8,12H2,1-4H3. The van der Waals surface area contributed by atoms with Crippen molar-refractivity contribution in [1.29, 1.82) is 0 Å². The molecule has 0 aliphatic carbocycles. The van der Waals surface area contributed by atoms with Crippen LogP contribution in [-0.4, -0.2) is 30.3 Å². The number of nitrogens with one attached hydrogen (secondary N) is 1. The van der Waals surface area contributed by atoms with Gasteiger partial charge < -0.3 is 16.2 Å². The minimum absolute atomic E-state index is 0.0110. The minimum Gasteiger partial charge on any atom is -0.396 e. The van der Waals surface area contributed by atoms with Crippen LogP contribution in [0.15, 0.2) is 0 Å². The van der Waals surface area contributed by atoms with Crippen molar-refractivity contribution >= 4 is 0 Å². The first-order chi connectivity index (χ1) is 6.43. The average molecular weight is 202 g/mol. The Labute approximate surface area is 88.1 Å². The predicted octanol–water partition coefficient (Wildman–Crippen LogP) is 0.968. The smallest absolute Gasteiger partial charge is 0.0448 e. The Bertz CT molecular complexity index is 146. The second-order valence-corrected chi connectivity index (χ2v) is 4.98. The van der Waals surface area contributed by atoms with Gasteiger partial charge in [0.25, 0.3) is 0 Å². The van der Waals surface area contributed by atoms with E-state index in [2.05, 4.69) is 33.0 Å². The van der Waals surface area contributed by atoms with Crippen molar-refractivity contribution < 1.29 is 5.11 Å². The number of hydrogen-bond donors (Lipinski definition) is 3. The molecule has 0 aromatic rings. The van der Waals surface area contributed by atoms with Crippen LogP contribution < -0.4 is 11.1 Å². The van der Waals surface area contributed by atoms with E-state index in [1.165, 1.54) is 0 Å². The zero-order valence-corrected chi connectivity index (χ0v) is 10.0. The first kappa shape index (κ1) is 13.9. The number of aliphatic hydroxyl groups is 1. The third kappa shape index (κ3) is 5.58. The number of nitrogens with two attached hydrogens (primary N) is 1. The lowest BCUT2D eigenvalue weighted by atomic mass is 9.93. The Morgan fingerprint density at radius 3 is 2.29 bits per heavy atom. The van der Waals surface area contributed by atoms with Crippen LogP contribution >= 0.6 is 0 Å². The predicted molar refractivity (Wildman–Crippen MR) is 61.2 cm³/mol. The van der Waals surface area contributed by atoms with E-state index >= 15 is 0 Å². The molecule has 0 amide bonds. The molecule has 0 fully saturated rings. The largest absolute Gasteiger partial charge is 0.396 e. The van der Waals surface area contributed by atoms with E-state index in [1.807, 2.05) is 0 Å². The lowest BCUT2D eigenvalue weighted by molar-refractivity contribution is 0.219. The Morgan fingerprint density at radius 1 is 1.36 bits per heavy atom. The van der Waals surface area contributed by atoms with Gasteiger partial charge in [0.2, 0.25) is 0 Å². The Morgan fingerprint density at radius 2 is 1.93 bits per heavy atom. The van der Waals surface area contributed by atoms with E-state index in [0.717, 1.165) is 19.5 Å². The van der Waals surface area contributed by atoms with E-state index in [0.29, 0.717) is 11.8 Å². The Hall–Kier alpha value is -0.120. The second-order valence-electron chi connectivity index (χ2n) is 4.98. The Balaban J connectivity index is 3.89. The number of rotatable bonds is 7. The maximum absolute atomic E-state index is 8.87. The lowest BCUT2D eigenvalue weighted by Gasteiger charge is -2.29. The molecule has 0 aromatic carbocycles. The van der Waals surface area contributed by atoms with Crippen molar-refractivity contribution in [2.75, 3.05) is 19.7 Å². The molecule has 1 unspecified atom stereocenters. The molecular formula is C11H26N2O. The van der Waals surface area contributed by atoms with Crippen LogP contribution in [0.5, 0.6) is 0 Å². The van der Waals surface area contributed by atoms with Crippen LogP contribution in [0, 0.1) is 11.8 Å². The first-order valence-corrected chi connectivity index (χ1v) is 5.49. The van der Waals surface area contributed by atoms with Gasteiger partial charge in [-0.15, -0.1) is 0 Å². The fourth-order valence-electron chi connectivity index (χ4n) is 1.37.